The van der Waals surface area contributed by atoms with E-state index < -0.39 is 10.8 Å². The number of fused-ring (bicyclic) bond motifs is 6. The summed E-state index contributed by atoms with van der Waals surface area (Å²) in [5.74, 6) is 0. The molecule has 0 spiro atoms. The topological polar surface area (TPSA) is 25.8 Å². The zero-order valence-corrected chi connectivity index (χ0v) is 41.3. The van der Waals surface area contributed by atoms with E-state index in [0.29, 0.717) is 0 Å². The van der Waals surface area contributed by atoms with Crippen molar-refractivity contribution in [2.45, 2.75) is 38.5 Å². The van der Waals surface area contributed by atoms with Crippen molar-refractivity contribution in [3.05, 3.63) is 320 Å². The smallest absolute Gasteiger partial charge is 0.260 e. The van der Waals surface area contributed by atoms with Gasteiger partial charge in [0.1, 0.15) is 0 Å². The van der Waals surface area contributed by atoms with Crippen molar-refractivity contribution in [1.82, 2.24) is 9.97 Å². The zero-order valence-electron chi connectivity index (χ0n) is 39.0. The van der Waals surface area contributed by atoms with Gasteiger partial charge in [-0.25, -0.2) is 0 Å². The molecule has 2 aliphatic carbocycles. The van der Waals surface area contributed by atoms with Crippen LogP contribution in [0.5, 0.6) is 0 Å². The average Bonchev–Trinajstić information content (AvgIpc) is 3.82. The second-order valence-corrected chi connectivity index (χ2v) is 18.6. The predicted molar refractivity (Wildman–Crippen MR) is 278 cm³/mol. The molecule has 332 valence electrons. The number of hydrogen-bond acceptors (Lipinski definition) is 2. The maximum Gasteiger partial charge on any atom is 2.00 e. The van der Waals surface area contributed by atoms with Crippen LogP contribution in [0, 0.1) is 39.8 Å². The van der Waals surface area contributed by atoms with Gasteiger partial charge in [0.25, 0.3) is 0 Å². The first-order valence-electron chi connectivity index (χ1n) is 23.6. The van der Waals surface area contributed by atoms with Crippen molar-refractivity contribution >= 4 is 11.1 Å². The normalized spacial score (nSPS) is 13.3. The molecule has 12 rings (SSSR count). The van der Waals surface area contributed by atoms with E-state index in [1.54, 1.807) is 0 Å². The summed E-state index contributed by atoms with van der Waals surface area (Å²) < 4.78 is 0. The summed E-state index contributed by atoms with van der Waals surface area (Å²) in [4.78, 5) is 10.5. The number of hydrogen-bond donors (Lipinski definition) is 0. The van der Waals surface area contributed by atoms with Crippen molar-refractivity contribution in [2.24, 2.45) is 0 Å². The van der Waals surface area contributed by atoms with E-state index in [-0.39, 0.29) is 21.1 Å². The van der Waals surface area contributed by atoms with E-state index in [1.807, 2.05) is 24.5 Å². The molecule has 0 bridgehead atoms. The minimum atomic E-state index is -0.744. The molecule has 8 aromatic carbocycles. The summed E-state index contributed by atoms with van der Waals surface area (Å²) in [5.41, 5.74) is 23.4. The first kappa shape index (κ1) is 44.0. The average molecular weight is 1060 g/mol. The molecule has 0 aliphatic heterocycles. The standard InChI is InChI=1S/C66H48N2.Pt/c1-43-27-31-53-54-32-28-44(2)38-58(54)65(57(53)37-43,61-25-11-13-35-67-61)51-23-15-21-49(41-51)64(63(47-17-7-5-8-18-47)48-19-9-6-10-20-48)50-22-16-24-52(42-50)66(62-26-12-14-36-68-62)59-39-45(3)29-33-55(59)56-34-30-46(4)40-60(56)66;/h5-40H,1-4H3;/q-2;+2. The molecule has 0 fully saturated rings. The number of nitrogens with zero attached hydrogens (tertiary/aromatic N) is 2. The Bertz CT molecular complexity index is 3250. The summed E-state index contributed by atoms with van der Waals surface area (Å²) in [7, 11) is 0. The van der Waals surface area contributed by atoms with Gasteiger partial charge in [-0.15, -0.1) is 76.4 Å². The van der Waals surface area contributed by atoms with Crippen LogP contribution in [0.4, 0.5) is 0 Å². The van der Waals surface area contributed by atoms with E-state index in [9.17, 15) is 0 Å². The molecule has 0 unspecified atom stereocenters. The predicted octanol–water partition coefficient (Wildman–Crippen LogP) is 15.0. The fourth-order valence-corrected chi connectivity index (χ4v) is 11.4. The van der Waals surface area contributed by atoms with Crippen molar-refractivity contribution < 1.29 is 21.1 Å². The number of benzene rings is 8. The van der Waals surface area contributed by atoms with Crippen LogP contribution < -0.4 is 0 Å². The Hall–Kier alpha value is -7.51. The van der Waals surface area contributed by atoms with Gasteiger partial charge in [-0.1, -0.05) is 168 Å². The summed E-state index contributed by atoms with van der Waals surface area (Å²) in [6.45, 7) is 8.76. The summed E-state index contributed by atoms with van der Waals surface area (Å²) in [5, 5.41) is 0. The molecule has 0 amide bonds. The van der Waals surface area contributed by atoms with Gasteiger partial charge in [0.05, 0.1) is 22.2 Å². The van der Waals surface area contributed by atoms with E-state index in [1.165, 1.54) is 66.8 Å². The van der Waals surface area contributed by atoms with Crippen LogP contribution in [0.3, 0.4) is 0 Å². The van der Waals surface area contributed by atoms with Gasteiger partial charge in [-0.3, -0.25) is 9.97 Å². The Morgan fingerprint density at radius 3 is 1.03 bits per heavy atom. The second kappa shape index (κ2) is 17.5. The second-order valence-electron chi connectivity index (χ2n) is 18.6. The first-order chi connectivity index (χ1) is 33.3. The third-order valence-electron chi connectivity index (χ3n) is 14.3. The summed E-state index contributed by atoms with van der Waals surface area (Å²) >= 11 is 0. The van der Waals surface area contributed by atoms with Gasteiger partial charge in [0, 0.05) is 12.4 Å². The Kier molecular flexibility index (Phi) is 11.2. The fourth-order valence-electron chi connectivity index (χ4n) is 11.4. The van der Waals surface area contributed by atoms with E-state index in [2.05, 4.69) is 234 Å². The van der Waals surface area contributed by atoms with Crippen LogP contribution in [-0.2, 0) is 31.9 Å². The van der Waals surface area contributed by atoms with Crippen molar-refractivity contribution in [2.75, 3.05) is 0 Å². The third kappa shape index (κ3) is 6.95. The van der Waals surface area contributed by atoms with E-state index >= 15 is 0 Å². The van der Waals surface area contributed by atoms with Crippen molar-refractivity contribution in [1.29, 1.82) is 0 Å². The Labute approximate surface area is 420 Å². The molecule has 0 saturated carbocycles. The molecule has 2 heterocycles. The number of pyridine rings is 2. The van der Waals surface area contributed by atoms with Crippen molar-refractivity contribution in [3.63, 3.8) is 0 Å². The molecule has 0 atom stereocenters. The minimum absolute atomic E-state index is 0. The van der Waals surface area contributed by atoms with Gasteiger partial charge in [-0.05, 0) is 113 Å². The summed E-state index contributed by atoms with van der Waals surface area (Å²) in [6, 6.07) is 83.7. The fraction of sp³-hybridized carbons (Fsp3) is 0.0909. The van der Waals surface area contributed by atoms with Crippen LogP contribution in [-0.4, -0.2) is 9.97 Å². The number of rotatable bonds is 8. The van der Waals surface area contributed by atoms with Crippen LogP contribution in [0.1, 0.15) is 89.3 Å². The Balaban J connectivity index is 0.00000520. The Morgan fingerprint density at radius 1 is 0.348 bits per heavy atom. The largest absolute Gasteiger partial charge is 2.00 e. The molecule has 0 radical (unpaired) electrons. The number of aryl methyl sites for hydroxylation is 4. The van der Waals surface area contributed by atoms with Crippen LogP contribution in [0.2, 0.25) is 0 Å². The third-order valence-corrected chi connectivity index (χ3v) is 14.3. The van der Waals surface area contributed by atoms with Crippen LogP contribution in [0.15, 0.2) is 219 Å². The van der Waals surface area contributed by atoms with Crippen LogP contribution in [0.25, 0.3) is 33.4 Å². The Morgan fingerprint density at radius 2 is 0.696 bits per heavy atom. The molecule has 0 N–H and O–H groups in total. The molecule has 69 heavy (non-hydrogen) atoms. The van der Waals surface area contributed by atoms with Gasteiger partial charge in [0.15, 0.2) is 0 Å². The number of aromatic nitrogens is 2. The molecule has 3 heteroatoms. The van der Waals surface area contributed by atoms with E-state index in [0.717, 1.165) is 55.9 Å². The molecular formula is C66H48N2Pt. The van der Waals surface area contributed by atoms with Gasteiger partial charge >= 0.3 is 21.1 Å². The molecule has 10 aromatic rings. The first-order valence-corrected chi connectivity index (χ1v) is 23.6. The maximum absolute atomic E-state index is 5.23. The van der Waals surface area contributed by atoms with Crippen molar-refractivity contribution in [3.8, 4) is 22.3 Å². The SMILES string of the molecule is Cc1ccc2c(c1)C(c1[c-]c(C(=C(c3ccccc3)c3ccccc3)c3[c-]c(C4(c5ccccn5)c5cc(C)ccc5-c5ccc(C)cc54)ccc3)ccc1)(c1ccccn1)c1cc(C)ccc1-2.[Pt+2]. The molecule has 2 aliphatic rings. The van der Waals surface area contributed by atoms with Gasteiger partial charge in [0.2, 0.25) is 0 Å². The monoisotopic (exact) mass is 1060 g/mol. The molecule has 0 saturated heterocycles. The van der Waals surface area contributed by atoms with E-state index in [4.69, 9.17) is 9.97 Å². The minimum Gasteiger partial charge on any atom is -0.260 e. The zero-order chi connectivity index (χ0) is 46.0. The summed E-state index contributed by atoms with van der Waals surface area (Å²) in [6.07, 6.45) is 3.86. The van der Waals surface area contributed by atoms with Gasteiger partial charge < -0.3 is 0 Å². The molecular weight excluding hydrogens is 1020 g/mol. The van der Waals surface area contributed by atoms with Crippen LogP contribution >= 0.6 is 0 Å². The maximum atomic E-state index is 5.23. The van der Waals surface area contributed by atoms with Gasteiger partial charge in [-0.2, -0.15) is 0 Å². The molecule has 2 aromatic heterocycles. The molecule has 2 nitrogen and oxygen atoms in total. The quantitative estimate of drug-likeness (QED) is 0.112.